The summed E-state index contributed by atoms with van der Waals surface area (Å²) in [7, 11) is 2.01. The Morgan fingerprint density at radius 2 is 1.58 bits per heavy atom. The van der Waals surface area contributed by atoms with E-state index >= 15 is 4.39 Å². The molecule has 2 heterocycles. The van der Waals surface area contributed by atoms with Crippen molar-refractivity contribution in [3.63, 3.8) is 0 Å². The van der Waals surface area contributed by atoms with Gasteiger partial charge in [0.2, 0.25) is 5.89 Å². The van der Waals surface area contributed by atoms with E-state index in [0.717, 1.165) is 30.3 Å². The number of hydrogen-bond acceptors (Lipinski definition) is 5. The van der Waals surface area contributed by atoms with Crippen molar-refractivity contribution in [2.75, 3.05) is 38.1 Å². The highest BCUT2D eigenvalue weighted by molar-refractivity contribution is 5.92. The zero-order valence-corrected chi connectivity index (χ0v) is 20.7. The third-order valence-electron chi connectivity index (χ3n) is 6.55. The number of carbonyl (C=O) groups is 1. The number of urea groups is 1. The normalized spacial score (nSPS) is 14.2. The Kier molecular flexibility index (Phi) is 7.41. The Balaban J connectivity index is 1.42. The highest BCUT2D eigenvalue weighted by Gasteiger charge is 2.26. The summed E-state index contributed by atoms with van der Waals surface area (Å²) in [4.78, 5) is 19.1. The van der Waals surface area contributed by atoms with E-state index in [2.05, 4.69) is 15.1 Å². The molecule has 1 aromatic heterocycles. The molecule has 4 aromatic rings. The Bertz CT molecular complexity index is 1390. The van der Waals surface area contributed by atoms with Crippen LogP contribution in [0.3, 0.4) is 0 Å². The summed E-state index contributed by atoms with van der Waals surface area (Å²) >= 11 is 0. The van der Waals surface area contributed by atoms with Gasteiger partial charge in [-0.15, -0.1) is 10.2 Å². The van der Waals surface area contributed by atoms with Crippen LogP contribution in [0.15, 0.2) is 77.2 Å². The summed E-state index contributed by atoms with van der Waals surface area (Å²) in [6, 6.07) is 21.4. The van der Waals surface area contributed by atoms with E-state index in [4.69, 9.17) is 4.42 Å². The van der Waals surface area contributed by atoms with Crippen LogP contribution in [-0.2, 0) is 6.54 Å². The van der Waals surface area contributed by atoms with Crippen molar-refractivity contribution in [1.29, 1.82) is 0 Å². The van der Waals surface area contributed by atoms with Crippen LogP contribution in [0.25, 0.3) is 22.6 Å². The van der Waals surface area contributed by atoms with E-state index in [9.17, 15) is 13.6 Å². The van der Waals surface area contributed by atoms with Gasteiger partial charge in [-0.1, -0.05) is 48.5 Å². The van der Waals surface area contributed by atoms with Crippen LogP contribution in [0.5, 0.6) is 0 Å². The first kappa shape index (κ1) is 25.5. The van der Waals surface area contributed by atoms with E-state index in [1.165, 1.54) is 12.1 Å². The summed E-state index contributed by atoms with van der Waals surface area (Å²) in [5.74, 6) is -1.64. The number of piperazine rings is 1. The first-order valence-electron chi connectivity index (χ1n) is 12.2. The van der Waals surface area contributed by atoms with Gasteiger partial charge >= 0.3 is 12.5 Å². The predicted molar refractivity (Wildman–Crippen MR) is 137 cm³/mol. The average Bonchev–Trinajstić information content (AvgIpc) is 3.44. The lowest BCUT2D eigenvalue weighted by atomic mass is 10.0. The van der Waals surface area contributed by atoms with Crippen molar-refractivity contribution in [2.24, 2.45) is 0 Å². The molecule has 0 aliphatic carbocycles. The maximum absolute atomic E-state index is 15.2. The van der Waals surface area contributed by atoms with Gasteiger partial charge in [0.15, 0.2) is 0 Å². The molecular formula is C28H26F3N5O2. The van der Waals surface area contributed by atoms with E-state index in [1.807, 2.05) is 61.6 Å². The second-order valence-corrected chi connectivity index (χ2v) is 9.12. The molecule has 196 valence electrons. The molecule has 38 heavy (non-hydrogen) atoms. The summed E-state index contributed by atoms with van der Waals surface area (Å²) in [5.41, 5.74) is 3.12. The molecule has 0 saturated carbocycles. The summed E-state index contributed by atoms with van der Waals surface area (Å²) in [6.45, 7) is 2.62. The molecule has 3 aromatic carbocycles. The zero-order chi connectivity index (χ0) is 26.6. The number of halogens is 3. The van der Waals surface area contributed by atoms with Gasteiger partial charge in [-0.3, -0.25) is 4.90 Å². The Morgan fingerprint density at radius 1 is 0.921 bits per heavy atom. The molecule has 0 spiro atoms. The highest BCUT2D eigenvalue weighted by Crippen LogP contribution is 2.28. The van der Waals surface area contributed by atoms with Gasteiger partial charge in [-0.25, -0.2) is 9.18 Å². The monoisotopic (exact) mass is 521 g/mol. The number of carbonyl (C=O) groups excluding carboxylic acids is 1. The fourth-order valence-corrected chi connectivity index (χ4v) is 4.32. The lowest BCUT2D eigenvalue weighted by Crippen LogP contribution is -2.52. The largest absolute Gasteiger partial charge is 0.415 e. The molecule has 1 fully saturated rings. The molecule has 1 aliphatic heterocycles. The Morgan fingerprint density at radius 3 is 2.21 bits per heavy atom. The third-order valence-corrected chi connectivity index (χ3v) is 6.55. The van der Waals surface area contributed by atoms with Crippen molar-refractivity contribution in [2.45, 2.75) is 13.0 Å². The van der Waals surface area contributed by atoms with Crippen LogP contribution in [-0.4, -0.2) is 59.3 Å². The summed E-state index contributed by atoms with van der Waals surface area (Å²) < 4.78 is 45.8. The molecule has 10 heteroatoms. The minimum absolute atomic E-state index is 0.0198. The highest BCUT2D eigenvalue weighted by atomic mass is 19.3. The number of anilines is 1. The number of rotatable bonds is 6. The maximum Gasteiger partial charge on any atom is 0.324 e. The van der Waals surface area contributed by atoms with E-state index < -0.39 is 18.1 Å². The lowest BCUT2D eigenvalue weighted by Gasteiger charge is -2.36. The van der Waals surface area contributed by atoms with Crippen LogP contribution in [0, 0.1) is 5.82 Å². The number of aromatic nitrogens is 2. The van der Waals surface area contributed by atoms with Gasteiger partial charge in [-0.2, -0.15) is 8.78 Å². The van der Waals surface area contributed by atoms with Crippen molar-refractivity contribution in [3.05, 3.63) is 90.1 Å². The Labute approximate surface area is 218 Å². The van der Waals surface area contributed by atoms with Gasteiger partial charge in [0.05, 0.1) is 6.54 Å². The second-order valence-electron chi connectivity index (χ2n) is 9.12. The number of likely N-dealkylation sites (N-methyl/N-ethyl adjacent to an activating group) is 1. The predicted octanol–water partition coefficient (Wildman–Crippen LogP) is 5.85. The van der Waals surface area contributed by atoms with Gasteiger partial charge in [0, 0.05) is 43.0 Å². The van der Waals surface area contributed by atoms with Gasteiger partial charge < -0.3 is 14.2 Å². The molecule has 0 N–H and O–H groups in total. The molecular weight excluding hydrogens is 495 g/mol. The van der Waals surface area contributed by atoms with Crippen molar-refractivity contribution in [1.82, 2.24) is 20.0 Å². The van der Waals surface area contributed by atoms with E-state index in [0.29, 0.717) is 18.8 Å². The first-order chi connectivity index (χ1) is 18.4. The minimum atomic E-state index is -2.91. The van der Waals surface area contributed by atoms with Crippen LogP contribution in [0.1, 0.15) is 17.9 Å². The molecule has 1 saturated heterocycles. The van der Waals surface area contributed by atoms with Crippen molar-refractivity contribution >= 4 is 11.7 Å². The molecule has 7 nitrogen and oxygen atoms in total. The molecule has 1 aliphatic rings. The smallest absolute Gasteiger partial charge is 0.324 e. The lowest BCUT2D eigenvalue weighted by molar-refractivity contribution is 0.116. The average molecular weight is 522 g/mol. The number of nitrogens with zero attached hydrogens (tertiary/aromatic N) is 5. The van der Waals surface area contributed by atoms with Crippen LogP contribution in [0.2, 0.25) is 0 Å². The topological polar surface area (TPSA) is 65.7 Å². The standard InChI is InChI=1S/C28H26F3N5O2/c1-34-13-15-35(16-14-34)28(37)36(23-11-9-20(10-12-23)19-5-3-2-4-6-19)18-22-8-7-21(17-24(22)29)26-32-33-27(38-26)25(30)31/h2-12,17,25H,13-16,18H2,1H3. The van der Waals surface area contributed by atoms with Gasteiger partial charge in [0.25, 0.3) is 5.89 Å². The first-order valence-corrected chi connectivity index (χ1v) is 12.2. The number of amides is 2. The molecule has 0 bridgehead atoms. The molecule has 0 unspecified atom stereocenters. The zero-order valence-electron chi connectivity index (χ0n) is 20.7. The van der Waals surface area contributed by atoms with Crippen LogP contribution < -0.4 is 4.90 Å². The maximum atomic E-state index is 15.2. The summed E-state index contributed by atoms with van der Waals surface area (Å²) in [6.07, 6.45) is -2.91. The third kappa shape index (κ3) is 5.55. The van der Waals surface area contributed by atoms with Crippen molar-refractivity contribution < 1.29 is 22.4 Å². The molecule has 0 atom stereocenters. The van der Waals surface area contributed by atoms with E-state index in [1.54, 1.807) is 9.80 Å². The second kappa shape index (κ2) is 11.1. The minimum Gasteiger partial charge on any atom is -0.415 e. The van der Waals surface area contributed by atoms with Crippen molar-refractivity contribution in [3.8, 4) is 22.6 Å². The van der Waals surface area contributed by atoms with Gasteiger partial charge in [-0.05, 0) is 42.4 Å². The fourth-order valence-electron chi connectivity index (χ4n) is 4.32. The number of hydrogen-bond donors (Lipinski definition) is 0. The SMILES string of the molecule is CN1CCN(C(=O)N(Cc2ccc(-c3nnc(C(F)F)o3)cc2F)c2ccc(-c3ccccc3)cc2)CC1. The molecule has 5 rings (SSSR count). The van der Waals surface area contributed by atoms with Crippen LogP contribution >= 0.6 is 0 Å². The fraction of sp³-hybridized carbons (Fsp3) is 0.250. The number of benzene rings is 3. The summed E-state index contributed by atoms with van der Waals surface area (Å²) in [5, 5.41) is 6.87. The number of alkyl halides is 2. The van der Waals surface area contributed by atoms with E-state index in [-0.39, 0.29) is 29.6 Å². The van der Waals surface area contributed by atoms with Crippen LogP contribution in [0.4, 0.5) is 23.7 Å². The Hall–Kier alpha value is -4.18. The quantitative estimate of drug-likeness (QED) is 0.318. The molecule has 2 amide bonds. The van der Waals surface area contributed by atoms with Gasteiger partial charge in [0.1, 0.15) is 5.82 Å². The molecule has 0 radical (unpaired) electrons.